The Bertz CT molecular complexity index is 809. The van der Waals surface area contributed by atoms with E-state index in [-0.39, 0.29) is 5.91 Å². The fourth-order valence-electron chi connectivity index (χ4n) is 3.92. The second kappa shape index (κ2) is 9.15. The molecule has 4 rings (SSSR count). The number of carbonyl (C=O) groups is 1. The summed E-state index contributed by atoms with van der Waals surface area (Å²) in [5.74, 6) is 0.587. The molecule has 0 radical (unpaired) electrons. The largest absolute Gasteiger partial charge is 0.447 e. The van der Waals surface area contributed by atoms with Crippen LogP contribution in [0.1, 0.15) is 23.3 Å². The zero-order valence-electron chi connectivity index (χ0n) is 16.9. The lowest BCUT2D eigenvalue weighted by Crippen LogP contribution is -2.48. The Morgan fingerprint density at radius 1 is 1.00 bits per heavy atom. The first-order valence-corrected chi connectivity index (χ1v) is 10.7. The van der Waals surface area contributed by atoms with E-state index >= 15 is 0 Å². The molecule has 1 amide bonds. The zero-order valence-corrected chi connectivity index (χ0v) is 17.6. The number of nitrogens with zero attached hydrogens (tertiary/aromatic N) is 5. The van der Waals surface area contributed by atoms with Crippen LogP contribution in [0.15, 0.2) is 34.9 Å². The molecule has 0 atom stereocenters. The summed E-state index contributed by atoms with van der Waals surface area (Å²) in [5.41, 5.74) is 1.62. The molecule has 0 bridgehead atoms. The number of likely N-dealkylation sites (N-methyl/N-ethyl adjacent to an activating group) is 1. The number of carbonyl (C=O) groups excluding carboxylic acids is 1. The molecule has 2 aliphatic rings. The van der Waals surface area contributed by atoms with E-state index in [2.05, 4.69) is 38.7 Å². The maximum atomic E-state index is 12.7. The highest BCUT2D eigenvalue weighted by atomic mass is 35.5. The van der Waals surface area contributed by atoms with Crippen molar-refractivity contribution in [1.82, 2.24) is 19.7 Å². The fourth-order valence-corrected chi connectivity index (χ4v) is 4.04. The highest BCUT2D eigenvalue weighted by Crippen LogP contribution is 2.20. The van der Waals surface area contributed by atoms with Crippen LogP contribution in [0.4, 0.5) is 5.69 Å². The maximum absolute atomic E-state index is 12.7. The summed E-state index contributed by atoms with van der Waals surface area (Å²) in [5, 5.41) is 0.758. The first-order valence-electron chi connectivity index (χ1n) is 10.3. The third-order valence-corrected chi connectivity index (χ3v) is 6.05. The van der Waals surface area contributed by atoms with Crippen LogP contribution in [0.25, 0.3) is 0 Å². The normalized spacial score (nSPS) is 19.0. The number of oxazole rings is 1. The molecule has 1 aromatic carbocycles. The molecule has 0 unspecified atom stereocenters. The molecule has 3 heterocycles. The highest BCUT2D eigenvalue weighted by molar-refractivity contribution is 6.30. The SMILES string of the molecule is CCN1CCN(C(=O)c2coc(CN3CCN(c4ccc(Cl)cc4)CC3)n2)CC1. The average molecular weight is 418 g/mol. The third-order valence-electron chi connectivity index (χ3n) is 5.80. The predicted octanol–water partition coefficient (Wildman–Crippen LogP) is 2.43. The van der Waals surface area contributed by atoms with Gasteiger partial charge in [-0.25, -0.2) is 4.98 Å². The van der Waals surface area contributed by atoms with E-state index in [0.717, 1.165) is 63.9 Å². The van der Waals surface area contributed by atoms with E-state index in [9.17, 15) is 4.79 Å². The minimum Gasteiger partial charge on any atom is -0.447 e. The minimum atomic E-state index is -0.0247. The Hall–Kier alpha value is -2.09. The summed E-state index contributed by atoms with van der Waals surface area (Å²) >= 11 is 5.98. The van der Waals surface area contributed by atoms with Gasteiger partial charge in [0.1, 0.15) is 6.26 Å². The Balaban J connectivity index is 1.27. The number of piperazine rings is 2. The maximum Gasteiger partial charge on any atom is 0.275 e. The molecule has 7 nitrogen and oxygen atoms in total. The van der Waals surface area contributed by atoms with Gasteiger partial charge >= 0.3 is 0 Å². The lowest BCUT2D eigenvalue weighted by molar-refractivity contribution is 0.0637. The van der Waals surface area contributed by atoms with Crippen molar-refractivity contribution in [2.24, 2.45) is 0 Å². The van der Waals surface area contributed by atoms with Crippen LogP contribution in [0, 0.1) is 0 Å². The van der Waals surface area contributed by atoms with E-state index < -0.39 is 0 Å². The van der Waals surface area contributed by atoms with Gasteiger partial charge in [0.2, 0.25) is 5.89 Å². The van der Waals surface area contributed by atoms with Gasteiger partial charge in [-0.3, -0.25) is 9.69 Å². The number of hydrogen-bond acceptors (Lipinski definition) is 6. The van der Waals surface area contributed by atoms with Gasteiger partial charge in [0.25, 0.3) is 5.91 Å². The van der Waals surface area contributed by atoms with E-state index in [0.29, 0.717) is 18.1 Å². The van der Waals surface area contributed by atoms with E-state index in [4.69, 9.17) is 16.0 Å². The van der Waals surface area contributed by atoms with Gasteiger partial charge < -0.3 is 19.1 Å². The number of aromatic nitrogens is 1. The van der Waals surface area contributed by atoms with Crippen molar-refractivity contribution in [3.05, 3.63) is 47.1 Å². The molecule has 1 aromatic heterocycles. The molecule has 2 aliphatic heterocycles. The minimum absolute atomic E-state index is 0.0247. The van der Waals surface area contributed by atoms with Crippen LogP contribution in [0.5, 0.6) is 0 Å². The molecule has 156 valence electrons. The summed E-state index contributed by atoms with van der Waals surface area (Å²) < 4.78 is 5.61. The van der Waals surface area contributed by atoms with Gasteiger partial charge in [0.15, 0.2) is 5.69 Å². The first-order chi connectivity index (χ1) is 14.1. The van der Waals surface area contributed by atoms with Crippen molar-refractivity contribution in [2.45, 2.75) is 13.5 Å². The highest BCUT2D eigenvalue weighted by Gasteiger charge is 2.25. The predicted molar refractivity (Wildman–Crippen MR) is 113 cm³/mol. The van der Waals surface area contributed by atoms with Crippen molar-refractivity contribution in [3.8, 4) is 0 Å². The monoisotopic (exact) mass is 417 g/mol. The van der Waals surface area contributed by atoms with Crippen molar-refractivity contribution >= 4 is 23.2 Å². The molecule has 2 saturated heterocycles. The first kappa shape index (κ1) is 20.2. The topological polar surface area (TPSA) is 56.1 Å². The Labute approximate surface area is 176 Å². The summed E-state index contributed by atoms with van der Waals surface area (Å²) in [6.45, 7) is 10.9. The van der Waals surface area contributed by atoms with Crippen molar-refractivity contribution < 1.29 is 9.21 Å². The zero-order chi connectivity index (χ0) is 20.2. The van der Waals surface area contributed by atoms with Gasteiger partial charge in [-0.1, -0.05) is 18.5 Å². The Kier molecular flexibility index (Phi) is 6.37. The number of amides is 1. The lowest BCUT2D eigenvalue weighted by atomic mass is 10.2. The fraction of sp³-hybridized carbons (Fsp3) is 0.524. The molecule has 8 heteroatoms. The second-order valence-corrected chi connectivity index (χ2v) is 8.03. The van der Waals surface area contributed by atoms with Gasteiger partial charge in [-0.05, 0) is 30.8 Å². The third kappa shape index (κ3) is 4.91. The second-order valence-electron chi connectivity index (χ2n) is 7.59. The standard InChI is InChI=1S/C21H28ClN5O2/c1-2-24-7-13-27(14-8-24)21(28)19-16-29-20(23-19)15-25-9-11-26(12-10-25)18-5-3-17(22)4-6-18/h3-6,16H,2,7-15H2,1H3. The average Bonchev–Trinajstić information content (AvgIpc) is 3.23. The van der Waals surface area contributed by atoms with Crippen molar-refractivity contribution in [1.29, 1.82) is 0 Å². The number of rotatable bonds is 5. The van der Waals surface area contributed by atoms with Crippen molar-refractivity contribution in [2.75, 3.05) is 63.8 Å². The van der Waals surface area contributed by atoms with Gasteiger partial charge in [0.05, 0.1) is 6.54 Å². The van der Waals surface area contributed by atoms with Crippen LogP contribution >= 0.6 is 11.6 Å². The molecule has 29 heavy (non-hydrogen) atoms. The number of anilines is 1. The summed E-state index contributed by atoms with van der Waals surface area (Å²) in [4.78, 5) is 26.0. The lowest BCUT2D eigenvalue weighted by Gasteiger charge is -2.35. The summed E-state index contributed by atoms with van der Waals surface area (Å²) in [6.07, 6.45) is 1.51. The number of benzene rings is 1. The van der Waals surface area contributed by atoms with E-state index in [1.165, 1.54) is 12.0 Å². The molecule has 0 aliphatic carbocycles. The number of halogens is 1. The molecule has 0 saturated carbocycles. The molecule has 0 spiro atoms. The van der Waals surface area contributed by atoms with E-state index in [1.54, 1.807) is 0 Å². The Morgan fingerprint density at radius 3 is 2.31 bits per heavy atom. The van der Waals surface area contributed by atoms with Crippen molar-refractivity contribution in [3.63, 3.8) is 0 Å². The van der Waals surface area contributed by atoms with Gasteiger partial charge in [-0.2, -0.15) is 0 Å². The van der Waals surface area contributed by atoms with Crippen LogP contribution in [0.3, 0.4) is 0 Å². The summed E-state index contributed by atoms with van der Waals surface area (Å²) in [7, 11) is 0. The molecular formula is C21H28ClN5O2. The van der Waals surface area contributed by atoms with Crippen LogP contribution in [-0.2, 0) is 6.54 Å². The number of hydrogen-bond donors (Lipinski definition) is 0. The van der Waals surface area contributed by atoms with Crippen LogP contribution < -0.4 is 4.90 Å². The molecule has 2 aromatic rings. The Morgan fingerprint density at radius 2 is 1.66 bits per heavy atom. The molecule has 2 fully saturated rings. The quantitative estimate of drug-likeness (QED) is 0.744. The van der Waals surface area contributed by atoms with Crippen LogP contribution in [0.2, 0.25) is 5.02 Å². The molecular weight excluding hydrogens is 390 g/mol. The van der Waals surface area contributed by atoms with E-state index in [1.807, 2.05) is 17.0 Å². The van der Waals surface area contributed by atoms with Gasteiger partial charge in [0, 0.05) is 63.1 Å². The van der Waals surface area contributed by atoms with Gasteiger partial charge in [-0.15, -0.1) is 0 Å². The summed E-state index contributed by atoms with van der Waals surface area (Å²) in [6, 6.07) is 7.97. The smallest absolute Gasteiger partial charge is 0.275 e. The van der Waals surface area contributed by atoms with Crippen LogP contribution in [-0.4, -0.2) is 84.5 Å². The molecule has 0 N–H and O–H groups in total.